The van der Waals surface area contributed by atoms with E-state index in [1.165, 1.54) is 25.3 Å². The molecule has 0 heterocycles. The Morgan fingerprint density at radius 1 is 1.06 bits per heavy atom. The molecule has 0 aliphatic carbocycles. The van der Waals surface area contributed by atoms with Crippen LogP contribution in [0, 0.1) is 6.92 Å². The first-order chi connectivity index (χ1) is 15.8. The average Bonchev–Trinajstić information content (AvgIpc) is 2.80. The second kappa shape index (κ2) is 10.8. The summed E-state index contributed by atoms with van der Waals surface area (Å²) in [6.45, 7) is 3.60. The zero-order chi connectivity index (χ0) is 24.0. The van der Waals surface area contributed by atoms with Crippen LogP contribution in [0.15, 0.2) is 71.6 Å². The molecule has 6 nitrogen and oxygen atoms in total. The Morgan fingerprint density at radius 3 is 2.42 bits per heavy atom. The van der Waals surface area contributed by atoms with E-state index in [0.29, 0.717) is 5.75 Å². The maximum absolute atomic E-state index is 13.5. The van der Waals surface area contributed by atoms with E-state index in [1.807, 2.05) is 62.4 Å². The van der Waals surface area contributed by atoms with Crippen molar-refractivity contribution in [3.63, 3.8) is 0 Å². The summed E-state index contributed by atoms with van der Waals surface area (Å²) in [4.78, 5) is 13.0. The van der Waals surface area contributed by atoms with E-state index in [2.05, 4.69) is 5.32 Å². The minimum absolute atomic E-state index is 0.0119. The van der Waals surface area contributed by atoms with E-state index in [-0.39, 0.29) is 23.0 Å². The van der Waals surface area contributed by atoms with Crippen molar-refractivity contribution in [2.24, 2.45) is 0 Å². The molecule has 0 unspecified atom stereocenters. The second-order valence-electron chi connectivity index (χ2n) is 7.57. The van der Waals surface area contributed by atoms with Gasteiger partial charge in [-0.25, -0.2) is 8.42 Å². The van der Waals surface area contributed by atoms with Gasteiger partial charge in [0.1, 0.15) is 5.75 Å². The van der Waals surface area contributed by atoms with E-state index in [0.717, 1.165) is 33.1 Å². The number of aryl methyl sites for hydroxylation is 2. The van der Waals surface area contributed by atoms with Crippen molar-refractivity contribution in [3.8, 4) is 5.75 Å². The van der Waals surface area contributed by atoms with Crippen LogP contribution in [-0.2, 0) is 27.8 Å². The molecule has 0 saturated carbocycles. The Kier molecular flexibility index (Phi) is 8.13. The van der Waals surface area contributed by atoms with Crippen LogP contribution in [0.5, 0.6) is 5.75 Å². The number of methoxy groups -OCH3 is 1. The Morgan fingerprint density at radius 2 is 1.79 bits per heavy atom. The third-order valence-electron chi connectivity index (χ3n) is 5.29. The van der Waals surface area contributed by atoms with E-state index >= 15 is 0 Å². The van der Waals surface area contributed by atoms with Crippen molar-refractivity contribution < 1.29 is 17.9 Å². The Bertz CT molecular complexity index is 1230. The third kappa shape index (κ3) is 5.93. The van der Waals surface area contributed by atoms with Gasteiger partial charge in [0.25, 0.3) is 0 Å². The summed E-state index contributed by atoms with van der Waals surface area (Å²) in [6.07, 6.45) is 0.744. The van der Waals surface area contributed by atoms with Crippen LogP contribution in [0.1, 0.15) is 23.6 Å². The summed E-state index contributed by atoms with van der Waals surface area (Å²) < 4.78 is 33.3. The van der Waals surface area contributed by atoms with Gasteiger partial charge in [0.2, 0.25) is 15.9 Å². The molecule has 0 aliphatic heterocycles. The predicted molar refractivity (Wildman–Crippen MR) is 131 cm³/mol. The van der Waals surface area contributed by atoms with Gasteiger partial charge in [0, 0.05) is 12.2 Å². The number of carbonyl (C=O) groups excluding carboxylic acids is 1. The molecular formula is C25H27ClN2O4S. The Hall–Kier alpha value is -2.87. The van der Waals surface area contributed by atoms with Crippen LogP contribution in [0.25, 0.3) is 0 Å². The maximum Gasteiger partial charge on any atom is 0.243 e. The normalized spacial score (nSPS) is 11.4. The number of ether oxygens (including phenoxy) is 1. The molecule has 0 saturated heterocycles. The number of anilines is 1. The van der Waals surface area contributed by atoms with Gasteiger partial charge in [-0.15, -0.1) is 0 Å². The lowest BCUT2D eigenvalue weighted by Gasteiger charge is -2.23. The first kappa shape index (κ1) is 24.8. The number of hydrogen-bond donors (Lipinski definition) is 1. The smallest absolute Gasteiger partial charge is 0.243 e. The fraction of sp³-hybridized carbons (Fsp3) is 0.240. The van der Waals surface area contributed by atoms with Gasteiger partial charge in [-0.05, 0) is 48.2 Å². The van der Waals surface area contributed by atoms with Crippen molar-refractivity contribution in [2.45, 2.75) is 31.7 Å². The van der Waals surface area contributed by atoms with Crippen LogP contribution in [0.3, 0.4) is 0 Å². The lowest BCUT2D eigenvalue weighted by Crippen LogP contribution is -2.37. The molecule has 0 radical (unpaired) electrons. The summed E-state index contributed by atoms with van der Waals surface area (Å²) in [5.41, 5.74) is 3.39. The highest BCUT2D eigenvalue weighted by Gasteiger charge is 2.28. The number of carbonyl (C=O) groups is 1. The van der Waals surface area contributed by atoms with E-state index in [1.54, 1.807) is 0 Å². The molecule has 3 aromatic carbocycles. The fourth-order valence-electron chi connectivity index (χ4n) is 3.51. The Labute approximate surface area is 200 Å². The predicted octanol–water partition coefficient (Wildman–Crippen LogP) is 5.05. The molecule has 3 rings (SSSR count). The topological polar surface area (TPSA) is 75.7 Å². The monoisotopic (exact) mass is 486 g/mol. The molecule has 0 spiro atoms. The summed E-state index contributed by atoms with van der Waals surface area (Å²) in [5, 5.41) is 3.08. The van der Waals surface area contributed by atoms with Crippen molar-refractivity contribution in [1.82, 2.24) is 4.31 Å². The standard InChI is InChI=1S/C25H27ClN2O4S/c1-4-20-12-8-9-18(2)25(20)27-24(29)17-28(16-19-10-6-5-7-11-19)33(30,31)21-13-14-23(32-3)22(26)15-21/h5-15H,4,16-17H2,1-3H3,(H,27,29). The van der Waals surface area contributed by atoms with Gasteiger partial charge >= 0.3 is 0 Å². The highest BCUT2D eigenvalue weighted by molar-refractivity contribution is 7.89. The van der Waals surface area contributed by atoms with Gasteiger partial charge in [0.15, 0.2) is 0 Å². The molecule has 1 amide bonds. The molecule has 0 atom stereocenters. The molecule has 0 bridgehead atoms. The number of benzene rings is 3. The number of hydrogen-bond acceptors (Lipinski definition) is 4. The van der Waals surface area contributed by atoms with E-state index in [4.69, 9.17) is 16.3 Å². The highest BCUT2D eigenvalue weighted by atomic mass is 35.5. The van der Waals surface area contributed by atoms with Crippen molar-refractivity contribution in [3.05, 3.63) is 88.4 Å². The zero-order valence-electron chi connectivity index (χ0n) is 18.8. The number of sulfonamides is 1. The van der Waals surface area contributed by atoms with Crippen LogP contribution >= 0.6 is 11.6 Å². The molecule has 0 aromatic heterocycles. The minimum atomic E-state index is -4.03. The summed E-state index contributed by atoms with van der Waals surface area (Å²) >= 11 is 6.18. The number of para-hydroxylation sites is 1. The maximum atomic E-state index is 13.5. The lowest BCUT2D eigenvalue weighted by atomic mass is 10.1. The van der Waals surface area contributed by atoms with Crippen LogP contribution in [0.2, 0.25) is 5.02 Å². The van der Waals surface area contributed by atoms with Crippen LogP contribution in [0.4, 0.5) is 5.69 Å². The summed E-state index contributed by atoms with van der Waals surface area (Å²) in [5.74, 6) is -0.0484. The van der Waals surface area contributed by atoms with Gasteiger partial charge < -0.3 is 10.1 Å². The molecule has 8 heteroatoms. The molecular weight excluding hydrogens is 460 g/mol. The number of nitrogens with zero attached hydrogens (tertiary/aromatic N) is 1. The quantitative estimate of drug-likeness (QED) is 0.459. The van der Waals surface area contributed by atoms with Crippen molar-refractivity contribution >= 4 is 33.2 Å². The fourth-order valence-corrected chi connectivity index (χ4v) is 5.24. The van der Waals surface area contributed by atoms with Crippen molar-refractivity contribution in [1.29, 1.82) is 0 Å². The molecule has 174 valence electrons. The first-order valence-corrected chi connectivity index (χ1v) is 12.3. The zero-order valence-corrected chi connectivity index (χ0v) is 20.4. The van der Waals surface area contributed by atoms with Gasteiger partial charge in [0.05, 0.1) is 23.6 Å². The molecule has 33 heavy (non-hydrogen) atoms. The Balaban J connectivity index is 1.93. The van der Waals surface area contributed by atoms with Crippen LogP contribution in [-0.4, -0.2) is 32.3 Å². The molecule has 0 aliphatic rings. The number of rotatable bonds is 9. The molecule has 0 fully saturated rings. The van der Waals surface area contributed by atoms with Crippen molar-refractivity contribution in [2.75, 3.05) is 19.0 Å². The summed E-state index contributed by atoms with van der Waals surface area (Å²) in [6, 6.07) is 19.2. The molecule has 3 aromatic rings. The SMILES string of the molecule is CCc1cccc(C)c1NC(=O)CN(Cc1ccccc1)S(=O)(=O)c1ccc(OC)c(Cl)c1. The number of halogens is 1. The van der Waals surface area contributed by atoms with Gasteiger partial charge in [-0.3, -0.25) is 4.79 Å². The number of amides is 1. The number of nitrogens with one attached hydrogen (secondary N) is 1. The molecule has 1 N–H and O–H groups in total. The third-order valence-corrected chi connectivity index (χ3v) is 7.37. The van der Waals surface area contributed by atoms with Crippen LogP contribution < -0.4 is 10.1 Å². The lowest BCUT2D eigenvalue weighted by molar-refractivity contribution is -0.116. The van der Waals surface area contributed by atoms with E-state index < -0.39 is 15.9 Å². The first-order valence-electron chi connectivity index (χ1n) is 10.5. The van der Waals surface area contributed by atoms with Gasteiger partial charge in [-0.2, -0.15) is 4.31 Å². The average molecular weight is 487 g/mol. The largest absolute Gasteiger partial charge is 0.495 e. The summed E-state index contributed by atoms with van der Waals surface area (Å²) in [7, 11) is -2.57. The van der Waals surface area contributed by atoms with E-state index in [9.17, 15) is 13.2 Å². The minimum Gasteiger partial charge on any atom is -0.495 e. The second-order valence-corrected chi connectivity index (χ2v) is 9.91. The van der Waals surface area contributed by atoms with Gasteiger partial charge in [-0.1, -0.05) is 67.1 Å². The highest BCUT2D eigenvalue weighted by Crippen LogP contribution is 2.29.